The van der Waals surface area contributed by atoms with E-state index in [1.165, 1.54) is 7.05 Å². The third-order valence-corrected chi connectivity index (χ3v) is 2.47. The lowest BCUT2D eigenvalue weighted by Crippen LogP contribution is -2.42. The first-order chi connectivity index (χ1) is 8.58. The van der Waals surface area contributed by atoms with E-state index in [2.05, 4.69) is 16.0 Å². The minimum absolute atomic E-state index is 0.155. The Kier molecular flexibility index (Phi) is 7.94. The third-order valence-electron chi connectivity index (χ3n) is 2.47. The van der Waals surface area contributed by atoms with Crippen molar-refractivity contribution in [2.45, 2.75) is 25.8 Å². The molecule has 0 aromatic heterocycles. The Labute approximate surface area is 106 Å². The maximum atomic E-state index is 11.5. The molecule has 0 aliphatic carbocycles. The number of rotatable bonds is 8. The normalized spacial score (nSPS) is 12.7. The fourth-order valence-electron chi connectivity index (χ4n) is 1.47. The summed E-state index contributed by atoms with van der Waals surface area (Å²) in [5.41, 5.74) is 0. The first kappa shape index (κ1) is 15.9. The Morgan fingerprint density at radius 1 is 1.44 bits per heavy atom. The summed E-state index contributed by atoms with van der Waals surface area (Å²) in [6.45, 7) is 1.66. The van der Waals surface area contributed by atoms with Gasteiger partial charge in [-0.3, -0.25) is 14.4 Å². The zero-order valence-electron chi connectivity index (χ0n) is 10.5. The zero-order valence-corrected chi connectivity index (χ0v) is 10.5. The monoisotopic (exact) mass is 254 g/mol. The van der Waals surface area contributed by atoms with Crippen LogP contribution >= 0.6 is 0 Å². The molecule has 0 saturated heterocycles. The summed E-state index contributed by atoms with van der Waals surface area (Å²) in [4.78, 5) is 32.8. The summed E-state index contributed by atoms with van der Waals surface area (Å²) in [6.07, 6.45) is 1.24. The molecule has 0 heterocycles. The van der Waals surface area contributed by atoms with Gasteiger partial charge < -0.3 is 16.0 Å². The highest BCUT2D eigenvalue weighted by atomic mass is 16.2. The van der Waals surface area contributed by atoms with Crippen molar-refractivity contribution in [3.05, 3.63) is 0 Å². The molecule has 0 aromatic carbocycles. The van der Waals surface area contributed by atoms with Crippen LogP contribution in [0.4, 0.5) is 0 Å². The summed E-state index contributed by atoms with van der Waals surface area (Å²) >= 11 is 0. The van der Waals surface area contributed by atoms with Gasteiger partial charge in [0.25, 0.3) is 0 Å². The van der Waals surface area contributed by atoms with Crippen LogP contribution in [0.5, 0.6) is 0 Å². The number of amides is 3. The molecule has 0 saturated carbocycles. The fourth-order valence-corrected chi connectivity index (χ4v) is 1.47. The van der Waals surface area contributed by atoms with E-state index in [-0.39, 0.29) is 24.8 Å². The first-order valence-corrected chi connectivity index (χ1v) is 5.66. The number of hydrogen-bond donors (Lipinski definition) is 3. The second kappa shape index (κ2) is 8.98. The van der Waals surface area contributed by atoms with Gasteiger partial charge in [0.15, 0.2) is 0 Å². The molecule has 2 atom stereocenters. The van der Waals surface area contributed by atoms with Gasteiger partial charge in [-0.2, -0.15) is 5.26 Å². The van der Waals surface area contributed by atoms with Gasteiger partial charge in [-0.25, -0.2) is 0 Å². The maximum absolute atomic E-state index is 11.5. The SMILES string of the molecule is CC[C@@H](CC(C#N)NC(=O)CNC=O)C(=O)NC. The van der Waals surface area contributed by atoms with Gasteiger partial charge in [0.2, 0.25) is 18.2 Å². The lowest BCUT2D eigenvalue weighted by molar-refractivity contribution is -0.126. The van der Waals surface area contributed by atoms with E-state index >= 15 is 0 Å². The third kappa shape index (κ3) is 5.84. The van der Waals surface area contributed by atoms with Crippen molar-refractivity contribution in [1.82, 2.24) is 16.0 Å². The molecule has 3 amide bonds. The highest BCUT2D eigenvalue weighted by Gasteiger charge is 2.21. The smallest absolute Gasteiger partial charge is 0.240 e. The van der Waals surface area contributed by atoms with E-state index in [0.29, 0.717) is 12.8 Å². The van der Waals surface area contributed by atoms with Crippen molar-refractivity contribution in [3.8, 4) is 6.07 Å². The molecule has 7 heteroatoms. The van der Waals surface area contributed by atoms with E-state index in [0.717, 1.165) is 0 Å². The van der Waals surface area contributed by atoms with Crippen LogP contribution in [0.15, 0.2) is 0 Å². The Hall–Kier alpha value is -2.10. The van der Waals surface area contributed by atoms with Crippen molar-refractivity contribution in [2.24, 2.45) is 5.92 Å². The Bertz CT molecular complexity index is 338. The van der Waals surface area contributed by atoms with Crippen LogP contribution in [0.1, 0.15) is 19.8 Å². The number of hydrogen-bond acceptors (Lipinski definition) is 4. The summed E-state index contributed by atoms with van der Waals surface area (Å²) in [7, 11) is 1.53. The highest BCUT2D eigenvalue weighted by Crippen LogP contribution is 2.11. The van der Waals surface area contributed by atoms with Gasteiger partial charge in [-0.15, -0.1) is 0 Å². The average Bonchev–Trinajstić information content (AvgIpc) is 2.39. The van der Waals surface area contributed by atoms with Gasteiger partial charge in [-0.1, -0.05) is 6.92 Å². The highest BCUT2D eigenvalue weighted by molar-refractivity contribution is 5.81. The number of nitriles is 1. The topological polar surface area (TPSA) is 111 Å². The van der Waals surface area contributed by atoms with Crippen molar-refractivity contribution in [3.63, 3.8) is 0 Å². The van der Waals surface area contributed by atoms with E-state index in [9.17, 15) is 14.4 Å². The van der Waals surface area contributed by atoms with Crippen LogP contribution in [0, 0.1) is 17.2 Å². The van der Waals surface area contributed by atoms with E-state index in [1.807, 2.05) is 13.0 Å². The van der Waals surface area contributed by atoms with Crippen LogP contribution in [-0.4, -0.2) is 37.9 Å². The van der Waals surface area contributed by atoms with Crippen LogP contribution in [0.2, 0.25) is 0 Å². The molecule has 0 spiro atoms. The minimum atomic E-state index is -0.742. The molecular weight excluding hydrogens is 236 g/mol. The van der Waals surface area contributed by atoms with Gasteiger partial charge in [-0.05, 0) is 12.8 Å². The second-order valence-electron chi connectivity index (χ2n) is 3.70. The van der Waals surface area contributed by atoms with Crippen LogP contribution in [0.3, 0.4) is 0 Å². The summed E-state index contributed by atoms with van der Waals surface area (Å²) in [5.74, 6) is -0.933. The van der Waals surface area contributed by atoms with Gasteiger partial charge in [0.05, 0.1) is 12.6 Å². The second-order valence-corrected chi connectivity index (χ2v) is 3.70. The molecule has 7 nitrogen and oxygen atoms in total. The molecule has 1 unspecified atom stereocenters. The molecule has 18 heavy (non-hydrogen) atoms. The minimum Gasteiger partial charge on any atom is -0.359 e. The number of nitrogens with zero attached hydrogens (tertiary/aromatic N) is 1. The van der Waals surface area contributed by atoms with E-state index in [4.69, 9.17) is 5.26 Å². The average molecular weight is 254 g/mol. The Balaban J connectivity index is 4.33. The molecule has 100 valence electrons. The van der Waals surface area contributed by atoms with Crippen molar-refractivity contribution in [2.75, 3.05) is 13.6 Å². The number of nitrogens with one attached hydrogen (secondary N) is 3. The fraction of sp³-hybridized carbons (Fsp3) is 0.636. The molecule has 0 fully saturated rings. The molecule has 0 rings (SSSR count). The summed E-state index contributed by atoms with van der Waals surface area (Å²) in [5, 5.41) is 16.1. The van der Waals surface area contributed by atoms with Gasteiger partial charge in [0.1, 0.15) is 6.04 Å². The van der Waals surface area contributed by atoms with Gasteiger partial charge >= 0.3 is 0 Å². The first-order valence-electron chi connectivity index (χ1n) is 5.66. The molecule has 0 bridgehead atoms. The van der Waals surface area contributed by atoms with Crippen LogP contribution < -0.4 is 16.0 Å². The molecule has 0 aliphatic rings. The van der Waals surface area contributed by atoms with Crippen LogP contribution in [-0.2, 0) is 14.4 Å². The molecular formula is C11H18N4O3. The Morgan fingerprint density at radius 2 is 2.11 bits per heavy atom. The van der Waals surface area contributed by atoms with Crippen LogP contribution in [0.25, 0.3) is 0 Å². The quantitative estimate of drug-likeness (QED) is 0.477. The molecule has 0 aliphatic heterocycles. The lowest BCUT2D eigenvalue weighted by Gasteiger charge is -2.17. The van der Waals surface area contributed by atoms with E-state index < -0.39 is 11.9 Å². The lowest BCUT2D eigenvalue weighted by atomic mass is 9.97. The van der Waals surface area contributed by atoms with Crippen molar-refractivity contribution < 1.29 is 14.4 Å². The standard InChI is InChI=1S/C11H18N4O3/c1-3-8(11(18)13-2)4-9(5-12)15-10(17)6-14-7-16/h7-9H,3-4,6H2,1-2H3,(H,13,18)(H,14,16)(H,15,17)/t8-,9?/m0/s1. The largest absolute Gasteiger partial charge is 0.359 e. The summed E-state index contributed by atoms with van der Waals surface area (Å²) < 4.78 is 0. The summed E-state index contributed by atoms with van der Waals surface area (Å²) in [6, 6.07) is 1.18. The maximum Gasteiger partial charge on any atom is 0.240 e. The van der Waals surface area contributed by atoms with E-state index in [1.54, 1.807) is 0 Å². The molecule has 3 N–H and O–H groups in total. The molecule has 0 radical (unpaired) electrons. The molecule has 0 aromatic rings. The number of carbonyl (C=O) groups excluding carboxylic acids is 3. The predicted molar refractivity (Wildman–Crippen MR) is 64.1 cm³/mol. The number of carbonyl (C=O) groups is 3. The van der Waals surface area contributed by atoms with Gasteiger partial charge in [0, 0.05) is 13.0 Å². The zero-order chi connectivity index (χ0) is 14.0. The Morgan fingerprint density at radius 3 is 2.56 bits per heavy atom. The van der Waals surface area contributed by atoms with Crippen molar-refractivity contribution >= 4 is 18.2 Å². The van der Waals surface area contributed by atoms with Crippen molar-refractivity contribution in [1.29, 1.82) is 5.26 Å². The predicted octanol–water partition coefficient (Wildman–Crippen LogP) is -1.10.